The smallest absolute Gasteiger partial charge is 0.337 e. The van der Waals surface area contributed by atoms with Gasteiger partial charge in [-0.15, -0.1) is 0 Å². The van der Waals surface area contributed by atoms with Crippen LogP contribution in [0.3, 0.4) is 0 Å². The summed E-state index contributed by atoms with van der Waals surface area (Å²) in [5.41, 5.74) is 3.81. The third-order valence-electron chi connectivity index (χ3n) is 10.5. The third-order valence-corrected chi connectivity index (χ3v) is 11.4. The first-order valence-corrected chi connectivity index (χ1v) is 18.1. The summed E-state index contributed by atoms with van der Waals surface area (Å²) >= 11 is 6.42. The fraction of sp³-hybridized carbons (Fsp3) is 0.618. The van der Waals surface area contributed by atoms with Crippen LogP contribution in [0, 0.1) is 17.8 Å². The molecule has 0 N–H and O–H groups in total. The number of carbonyl (C=O) groups excluding carboxylic acids is 1. The summed E-state index contributed by atoms with van der Waals surface area (Å²) in [5.74, 6) is 1.40. The quantitative estimate of drug-likeness (QED) is 0.249. The van der Waals surface area contributed by atoms with Crippen LogP contribution in [0.2, 0.25) is 5.02 Å². The number of hydrogen-bond donors (Lipinski definition) is 0. The Kier molecular flexibility index (Phi) is 9.22. The number of anilines is 1. The van der Waals surface area contributed by atoms with Crippen molar-refractivity contribution in [3.8, 4) is 5.75 Å². The Bertz CT molecular complexity index is 1480. The monoisotopic (exact) mass is 645 g/mol. The maximum Gasteiger partial charge on any atom is 0.337 e. The highest BCUT2D eigenvalue weighted by Crippen LogP contribution is 2.48. The maximum atomic E-state index is 12.6. The average molecular weight is 646 g/mol. The van der Waals surface area contributed by atoms with E-state index in [-0.39, 0.29) is 29.5 Å². The molecule has 3 aliphatic carbocycles. The second-order valence-corrected chi connectivity index (χ2v) is 15.4. The van der Waals surface area contributed by atoms with Crippen LogP contribution in [0.4, 0.5) is 5.69 Å². The van der Waals surface area contributed by atoms with Crippen molar-refractivity contribution < 1.29 is 31.6 Å². The topological polar surface area (TPSA) is 91.4 Å². The minimum absolute atomic E-state index is 0.0373. The Balaban J connectivity index is 1.29. The van der Waals surface area contributed by atoms with E-state index in [1.807, 2.05) is 18.2 Å². The Morgan fingerprint density at radius 1 is 1.11 bits per heavy atom. The predicted octanol–water partition coefficient (Wildman–Crippen LogP) is 6.18. The molecular formula is C34H44ClNO7S. The van der Waals surface area contributed by atoms with Gasteiger partial charge in [0.2, 0.25) is 0 Å². The molecule has 4 aliphatic rings. The minimum Gasteiger partial charge on any atom is -0.490 e. The fourth-order valence-electron chi connectivity index (χ4n) is 8.43. The van der Waals surface area contributed by atoms with Gasteiger partial charge in [0, 0.05) is 30.6 Å². The number of aryl methyl sites for hydroxylation is 1. The van der Waals surface area contributed by atoms with Gasteiger partial charge in [-0.05, 0) is 111 Å². The Hall–Kier alpha value is -2.33. The van der Waals surface area contributed by atoms with Gasteiger partial charge in [0.1, 0.15) is 5.75 Å². The molecule has 1 heterocycles. The predicted molar refractivity (Wildman–Crippen MR) is 170 cm³/mol. The molecule has 1 aliphatic heterocycles. The lowest BCUT2D eigenvalue weighted by molar-refractivity contribution is -0.0693. The van der Waals surface area contributed by atoms with Crippen LogP contribution in [0.25, 0.3) is 0 Å². The molecule has 8 nitrogen and oxygen atoms in total. The van der Waals surface area contributed by atoms with E-state index in [4.69, 9.17) is 30.0 Å². The summed E-state index contributed by atoms with van der Waals surface area (Å²) in [4.78, 5) is 15.0. The van der Waals surface area contributed by atoms with Gasteiger partial charge >= 0.3 is 5.97 Å². The van der Waals surface area contributed by atoms with Crippen LogP contribution >= 0.6 is 11.6 Å². The highest BCUT2D eigenvalue weighted by molar-refractivity contribution is 7.86. The van der Waals surface area contributed by atoms with Crippen molar-refractivity contribution >= 4 is 33.4 Å². The molecule has 0 saturated heterocycles. The van der Waals surface area contributed by atoms with Crippen molar-refractivity contribution in [2.75, 3.05) is 45.1 Å². The number of carbonyl (C=O) groups is 1. The highest BCUT2D eigenvalue weighted by Gasteiger charge is 2.46. The Morgan fingerprint density at radius 3 is 2.68 bits per heavy atom. The Labute approximate surface area is 266 Å². The molecule has 2 aromatic carbocycles. The molecule has 10 heteroatoms. The zero-order valence-electron chi connectivity index (χ0n) is 25.9. The first-order chi connectivity index (χ1) is 21.1. The van der Waals surface area contributed by atoms with E-state index in [1.165, 1.54) is 18.2 Å². The zero-order valence-corrected chi connectivity index (χ0v) is 27.5. The van der Waals surface area contributed by atoms with E-state index in [0.29, 0.717) is 30.4 Å². The highest BCUT2D eigenvalue weighted by atomic mass is 35.5. The number of methoxy groups -OCH3 is 2. The van der Waals surface area contributed by atoms with Crippen LogP contribution < -0.4 is 9.64 Å². The summed E-state index contributed by atoms with van der Waals surface area (Å²) in [6.07, 6.45) is 9.51. The maximum absolute atomic E-state index is 12.6. The molecule has 44 heavy (non-hydrogen) atoms. The SMILES string of the molecule is COC(=O)c1ccc2c(c1)N(C[C@@H]1CC[C@H]1[C@H](OC)[C@H]1CCC[C@H](OS(C)(=O)=O)C1)CC1(CCCc3cc(Cl)ccc31)CO2. The number of hydrogen-bond acceptors (Lipinski definition) is 8. The van der Waals surface area contributed by atoms with Gasteiger partial charge < -0.3 is 19.1 Å². The van der Waals surface area contributed by atoms with Gasteiger partial charge in [-0.2, -0.15) is 8.42 Å². The number of esters is 1. The zero-order chi connectivity index (χ0) is 31.1. The van der Waals surface area contributed by atoms with E-state index in [2.05, 4.69) is 17.0 Å². The number of nitrogens with zero attached hydrogens (tertiary/aromatic N) is 1. The number of halogens is 1. The van der Waals surface area contributed by atoms with Gasteiger partial charge in [0.25, 0.3) is 10.1 Å². The molecule has 240 valence electrons. The van der Waals surface area contributed by atoms with Crippen LogP contribution in [-0.4, -0.2) is 66.8 Å². The van der Waals surface area contributed by atoms with Gasteiger partial charge in [0.15, 0.2) is 0 Å². The largest absolute Gasteiger partial charge is 0.490 e. The number of fused-ring (bicyclic) bond motifs is 3. The van der Waals surface area contributed by atoms with E-state index >= 15 is 0 Å². The molecule has 0 amide bonds. The van der Waals surface area contributed by atoms with Crippen molar-refractivity contribution in [3.63, 3.8) is 0 Å². The molecule has 6 rings (SSSR count). The number of ether oxygens (including phenoxy) is 3. The number of rotatable bonds is 8. The summed E-state index contributed by atoms with van der Waals surface area (Å²) in [7, 11) is -0.308. The summed E-state index contributed by atoms with van der Waals surface area (Å²) in [5, 5.41) is 0.757. The van der Waals surface area contributed by atoms with Crippen molar-refractivity contribution in [1.82, 2.24) is 0 Å². The summed E-state index contributed by atoms with van der Waals surface area (Å²) in [6.45, 7) is 2.14. The molecule has 0 aromatic heterocycles. The molecule has 1 spiro atoms. The average Bonchev–Trinajstić information content (AvgIpc) is 3.13. The van der Waals surface area contributed by atoms with Crippen molar-refractivity contribution in [2.45, 2.75) is 75.4 Å². The van der Waals surface area contributed by atoms with Crippen LogP contribution in [0.1, 0.15) is 72.9 Å². The van der Waals surface area contributed by atoms with E-state index in [0.717, 1.165) is 87.2 Å². The van der Waals surface area contributed by atoms with Crippen molar-refractivity contribution in [1.29, 1.82) is 0 Å². The second kappa shape index (κ2) is 12.8. The lowest BCUT2D eigenvalue weighted by Gasteiger charge is -2.48. The normalized spacial score (nSPS) is 29.0. The van der Waals surface area contributed by atoms with Gasteiger partial charge in [0.05, 0.1) is 43.4 Å². The number of benzene rings is 2. The summed E-state index contributed by atoms with van der Waals surface area (Å²) in [6, 6.07) is 11.9. The van der Waals surface area contributed by atoms with E-state index in [1.54, 1.807) is 13.2 Å². The molecule has 2 saturated carbocycles. The van der Waals surface area contributed by atoms with Gasteiger partial charge in [-0.1, -0.05) is 24.1 Å². The standard InChI is InChI=1S/C34H44ClNO7S/c1-40-32(23-6-4-8-27(17-23)43-44(3,38)39)28-12-9-25(28)19-36-20-34(15-5-7-22-16-26(35)11-13-29(22)34)21-42-31-14-10-24(18-30(31)36)33(37)41-2/h10-11,13-14,16,18,23,25,27-28,32H,4-9,12,15,17,19-21H2,1-3H3/t23-,25-,27-,28+,32+,34?/m0/s1. The van der Waals surface area contributed by atoms with Gasteiger partial charge in [-0.25, -0.2) is 4.79 Å². The molecule has 6 atom stereocenters. The Morgan fingerprint density at radius 2 is 1.95 bits per heavy atom. The van der Waals surface area contributed by atoms with E-state index < -0.39 is 10.1 Å². The molecular weight excluding hydrogens is 602 g/mol. The minimum atomic E-state index is -3.50. The summed E-state index contributed by atoms with van der Waals surface area (Å²) < 4.78 is 47.0. The molecule has 2 aromatic rings. The van der Waals surface area contributed by atoms with Crippen LogP contribution in [-0.2, 0) is 35.6 Å². The first-order valence-electron chi connectivity index (χ1n) is 15.9. The van der Waals surface area contributed by atoms with Crippen LogP contribution in [0.5, 0.6) is 5.75 Å². The van der Waals surface area contributed by atoms with Crippen molar-refractivity contribution in [3.05, 3.63) is 58.1 Å². The molecule has 0 radical (unpaired) electrons. The molecule has 1 unspecified atom stereocenters. The lowest BCUT2D eigenvalue weighted by Crippen LogP contribution is -2.51. The molecule has 0 bridgehead atoms. The van der Waals surface area contributed by atoms with Gasteiger partial charge in [-0.3, -0.25) is 4.18 Å². The van der Waals surface area contributed by atoms with Crippen LogP contribution in [0.15, 0.2) is 36.4 Å². The third kappa shape index (κ3) is 6.48. The van der Waals surface area contributed by atoms with E-state index in [9.17, 15) is 13.2 Å². The first kappa shape index (κ1) is 31.6. The van der Waals surface area contributed by atoms with Crippen molar-refractivity contribution in [2.24, 2.45) is 17.8 Å². The molecule has 2 fully saturated rings. The fourth-order valence-corrected chi connectivity index (χ4v) is 9.29. The lowest BCUT2D eigenvalue weighted by atomic mass is 9.65. The second-order valence-electron chi connectivity index (χ2n) is 13.3.